The summed E-state index contributed by atoms with van der Waals surface area (Å²) in [6.07, 6.45) is 0. The van der Waals surface area contributed by atoms with Crippen molar-refractivity contribution < 1.29 is 31.9 Å². The fraction of sp³-hybridized carbons (Fsp3) is 0.0909. The highest BCUT2D eigenvalue weighted by Crippen LogP contribution is 2.20. The summed E-state index contributed by atoms with van der Waals surface area (Å²) < 4.78 is 50.1. The number of nitrogens with one attached hydrogen (secondary N) is 2. The SMILES string of the molecule is COC(=O)c1ccc(NC(=O)COc2ccc(S(=O)(=O)Nc3ccc(F)cc3)cc2)cc1. The predicted molar refractivity (Wildman–Crippen MR) is 116 cm³/mol. The van der Waals surface area contributed by atoms with Crippen LogP contribution in [0.3, 0.4) is 0 Å². The Hall–Kier alpha value is -3.92. The second-order valence-corrected chi connectivity index (χ2v) is 8.17. The molecule has 0 unspecified atom stereocenters. The van der Waals surface area contributed by atoms with E-state index in [0.29, 0.717) is 17.0 Å². The molecule has 3 aromatic carbocycles. The zero-order valence-electron chi connectivity index (χ0n) is 16.9. The van der Waals surface area contributed by atoms with Crippen molar-refractivity contribution in [2.45, 2.75) is 4.90 Å². The fourth-order valence-electron chi connectivity index (χ4n) is 2.60. The number of ether oxygens (including phenoxy) is 2. The van der Waals surface area contributed by atoms with E-state index in [1.807, 2.05) is 0 Å². The molecule has 1 amide bonds. The Bertz CT molecular complexity index is 1190. The summed E-state index contributed by atoms with van der Waals surface area (Å²) in [6.45, 7) is -0.307. The highest BCUT2D eigenvalue weighted by atomic mass is 32.2. The first kappa shape index (κ1) is 22.8. The number of carbonyl (C=O) groups excluding carboxylic acids is 2. The van der Waals surface area contributed by atoms with E-state index >= 15 is 0 Å². The van der Waals surface area contributed by atoms with Gasteiger partial charge >= 0.3 is 5.97 Å². The Morgan fingerprint density at radius 3 is 2.06 bits per heavy atom. The van der Waals surface area contributed by atoms with Crippen molar-refractivity contribution >= 4 is 33.3 Å². The predicted octanol–water partition coefficient (Wildman–Crippen LogP) is 3.43. The van der Waals surface area contributed by atoms with Crippen molar-refractivity contribution in [3.05, 3.63) is 84.2 Å². The summed E-state index contributed by atoms with van der Waals surface area (Å²) in [5.41, 5.74) is 1.05. The molecule has 0 aromatic heterocycles. The Labute approximate surface area is 184 Å². The number of hydrogen-bond acceptors (Lipinski definition) is 6. The van der Waals surface area contributed by atoms with E-state index in [9.17, 15) is 22.4 Å². The molecule has 2 N–H and O–H groups in total. The molecule has 0 aliphatic rings. The number of carbonyl (C=O) groups is 2. The lowest BCUT2D eigenvalue weighted by Gasteiger charge is -2.10. The van der Waals surface area contributed by atoms with Crippen LogP contribution >= 0.6 is 0 Å². The number of benzene rings is 3. The van der Waals surface area contributed by atoms with Gasteiger partial charge in [0.1, 0.15) is 11.6 Å². The third-order valence-corrected chi connectivity index (χ3v) is 5.59. The van der Waals surface area contributed by atoms with Gasteiger partial charge in [-0.3, -0.25) is 9.52 Å². The van der Waals surface area contributed by atoms with Crippen molar-refractivity contribution in [3.8, 4) is 5.75 Å². The highest BCUT2D eigenvalue weighted by molar-refractivity contribution is 7.92. The molecule has 0 radical (unpaired) electrons. The summed E-state index contributed by atoms with van der Waals surface area (Å²) in [4.78, 5) is 23.4. The Morgan fingerprint density at radius 2 is 1.47 bits per heavy atom. The summed E-state index contributed by atoms with van der Waals surface area (Å²) in [6, 6.07) is 16.5. The lowest BCUT2D eigenvalue weighted by Crippen LogP contribution is -2.20. The lowest BCUT2D eigenvalue weighted by atomic mass is 10.2. The van der Waals surface area contributed by atoms with Crippen LogP contribution in [0.4, 0.5) is 15.8 Å². The van der Waals surface area contributed by atoms with Crippen LogP contribution in [0.5, 0.6) is 5.75 Å². The first-order valence-electron chi connectivity index (χ1n) is 9.26. The number of sulfonamides is 1. The lowest BCUT2D eigenvalue weighted by molar-refractivity contribution is -0.118. The Balaban J connectivity index is 1.54. The van der Waals surface area contributed by atoms with Gasteiger partial charge in [0, 0.05) is 11.4 Å². The Kier molecular flexibility index (Phi) is 7.06. The molecule has 0 aliphatic heterocycles. The molecular formula is C22H19FN2O6S. The van der Waals surface area contributed by atoms with E-state index in [4.69, 9.17) is 4.74 Å². The normalized spacial score (nSPS) is 10.8. The first-order chi connectivity index (χ1) is 15.3. The van der Waals surface area contributed by atoms with E-state index < -0.39 is 27.7 Å². The van der Waals surface area contributed by atoms with Crippen LogP contribution in [-0.2, 0) is 19.6 Å². The van der Waals surface area contributed by atoms with Gasteiger partial charge in [0.15, 0.2) is 6.61 Å². The van der Waals surface area contributed by atoms with Crippen LogP contribution in [0.25, 0.3) is 0 Å². The molecule has 0 saturated heterocycles. The van der Waals surface area contributed by atoms with Gasteiger partial charge < -0.3 is 14.8 Å². The van der Waals surface area contributed by atoms with E-state index in [-0.39, 0.29) is 17.2 Å². The summed E-state index contributed by atoms with van der Waals surface area (Å²) >= 11 is 0. The number of amides is 1. The molecule has 3 aromatic rings. The van der Waals surface area contributed by atoms with E-state index in [1.54, 1.807) is 12.1 Å². The van der Waals surface area contributed by atoms with Gasteiger partial charge in [0.25, 0.3) is 15.9 Å². The maximum absolute atomic E-state index is 13.0. The zero-order chi connectivity index (χ0) is 23.1. The van der Waals surface area contributed by atoms with Crippen LogP contribution in [-0.4, -0.2) is 34.0 Å². The molecule has 0 spiro atoms. The maximum Gasteiger partial charge on any atom is 0.337 e. The molecule has 0 aliphatic carbocycles. The van der Waals surface area contributed by atoms with Gasteiger partial charge in [-0.2, -0.15) is 0 Å². The third-order valence-electron chi connectivity index (χ3n) is 4.19. The molecule has 0 bridgehead atoms. The number of rotatable bonds is 8. The van der Waals surface area contributed by atoms with Crippen molar-refractivity contribution in [2.24, 2.45) is 0 Å². The average molecular weight is 458 g/mol. The molecule has 0 fully saturated rings. The number of anilines is 2. The smallest absolute Gasteiger partial charge is 0.337 e. The molecular weight excluding hydrogens is 439 g/mol. The van der Waals surface area contributed by atoms with Crippen molar-refractivity contribution in [1.29, 1.82) is 0 Å². The maximum atomic E-state index is 13.0. The van der Waals surface area contributed by atoms with Crippen molar-refractivity contribution in [2.75, 3.05) is 23.8 Å². The first-order valence-corrected chi connectivity index (χ1v) is 10.7. The summed E-state index contributed by atoms with van der Waals surface area (Å²) in [5, 5.41) is 2.61. The van der Waals surface area contributed by atoms with Crippen molar-refractivity contribution in [3.63, 3.8) is 0 Å². The highest BCUT2D eigenvalue weighted by Gasteiger charge is 2.14. The van der Waals surface area contributed by atoms with Gasteiger partial charge in [-0.1, -0.05) is 0 Å². The van der Waals surface area contributed by atoms with E-state index in [2.05, 4.69) is 14.8 Å². The fourth-order valence-corrected chi connectivity index (χ4v) is 3.66. The Morgan fingerprint density at radius 1 is 0.875 bits per heavy atom. The number of esters is 1. The molecule has 0 atom stereocenters. The number of methoxy groups -OCH3 is 1. The van der Waals surface area contributed by atoms with Gasteiger partial charge in [0.05, 0.1) is 17.6 Å². The third kappa shape index (κ3) is 6.05. The summed E-state index contributed by atoms with van der Waals surface area (Å²) in [5.74, 6) is -1.10. The minimum absolute atomic E-state index is 0.0238. The average Bonchev–Trinajstić information content (AvgIpc) is 2.79. The molecule has 0 heterocycles. The van der Waals surface area contributed by atoms with E-state index in [0.717, 1.165) is 12.1 Å². The topological polar surface area (TPSA) is 111 Å². The van der Waals surface area contributed by atoms with Gasteiger partial charge in [-0.05, 0) is 72.8 Å². The standard InChI is InChI=1S/C22H19FN2O6S/c1-30-22(27)15-2-6-17(7-3-15)24-21(26)14-31-19-10-12-20(13-11-19)32(28,29)25-18-8-4-16(23)5-9-18/h2-13,25H,14H2,1H3,(H,24,26). The minimum Gasteiger partial charge on any atom is -0.484 e. The second kappa shape index (κ2) is 9.92. The molecule has 10 heteroatoms. The molecule has 3 rings (SSSR count). The molecule has 166 valence electrons. The van der Waals surface area contributed by atoms with Gasteiger partial charge in [-0.25, -0.2) is 17.6 Å². The van der Waals surface area contributed by atoms with Crippen LogP contribution in [0.1, 0.15) is 10.4 Å². The monoisotopic (exact) mass is 458 g/mol. The molecule has 0 saturated carbocycles. The number of hydrogen-bond donors (Lipinski definition) is 2. The van der Waals surface area contributed by atoms with Gasteiger partial charge in [0.2, 0.25) is 0 Å². The molecule has 32 heavy (non-hydrogen) atoms. The van der Waals surface area contributed by atoms with Crippen LogP contribution in [0.2, 0.25) is 0 Å². The summed E-state index contributed by atoms with van der Waals surface area (Å²) in [7, 11) is -2.59. The van der Waals surface area contributed by atoms with Crippen LogP contribution in [0, 0.1) is 5.82 Å². The van der Waals surface area contributed by atoms with Crippen LogP contribution < -0.4 is 14.8 Å². The van der Waals surface area contributed by atoms with E-state index in [1.165, 1.54) is 55.6 Å². The molecule has 8 nitrogen and oxygen atoms in total. The number of halogens is 1. The minimum atomic E-state index is -3.87. The van der Waals surface area contributed by atoms with Gasteiger partial charge in [-0.15, -0.1) is 0 Å². The van der Waals surface area contributed by atoms with Crippen molar-refractivity contribution in [1.82, 2.24) is 0 Å². The van der Waals surface area contributed by atoms with Crippen LogP contribution in [0.15, 0.2) is 77.7 Å². The second-order valence-electron chi connectivity index (χ2n) is 6.49. The zero-order valence-corrected chi connectivity index (χ0v) is 17.7. The largest absolute Gasteiger partial charge is 0.484 e. The quantitative estimate of drug-likeness (QED) is 0.501.